The number of carbonyl (C=O) groups excluding carboxylic acids is 1. The number of ether oxygens (including phenoxy) is 1. The Morgan fingerprint density at radius 1 is 1.44 bits per heavy atom. The molecule has 0 N–H and O–H groups in total. The lowest BCUT2D eigenvalue weighted by Crippen LogP contribution is -2.33. The molecule has 0 aromatic heterocycles. The monoisotopic (exact) mass is 284 g/mol. The minimum absolute atomic E-state index is 0.157. The highest BCUT2D eigenvalue weighted by Gasteiger charge is 2.34. The minimum atomic E-state index is -0.556. The summed E-state index contributed by atoms with van der Waals surface area (Å²) in [7, 11) is 0. The van der Waals surface area contributed by atoms with Gasteiger partial charge in [0.15, 0.2) is 0 Å². The van der Waals surface area contributed by atoms with Crippen molar-refractivity contribution in [2.75, 3.05) is 6.61 Å². The summed E-state index contributed by atoms with van der Waals surface area (Å²) in [5, 5.41) is 0. The van der Waals surface area contributed by atoms with Gasteiger partial charge in [0, 0.05) is 4.47 Å². The van der Waals surface area contributed by atoms with Crippen molar-refractivity contribution in [3.05, 3.63) is 34.3 Å². The molecule has 88 valence electrons. The third-order valence-electron chi connectivity index (χ3n) is 2.89. The average Bonchev–Trinajstić information content (AvgIpc) is 2.28. The van der Waals surface area contributed by atoms with Gasteiger partial charge in [0.05, 0.1) is 12.0 Å². The molecule has 3 heteroatoms. The molecule has 0 saturated carbocycles. The molecule has 1 rings (SSSR count). The first-order valence-electron chi connectivity index (χ1n) is 5.48. The molecule has 2 nitrogen and oxygen atoms in total. The molecule has 1 aromatic carbocycles. The van der Waals surface area contributed by atoms with Gasteiger partial charge in [0.2, 0.25) is 0 Å². The van der Waals surface area contributed by atoms with Gasteiger partial charge in [-0.2, -0.15) is 0 Å². The van der Waals surface area contributed by atoms with Crippen LogP contribution in [0.3, 0.4) is 0 Å². The highest BCUT2D eigenvalue weighted by molar-refractivity contribution is 9.10. The van der Waals surface area contributed by atoms with Gasteiger partial charge in [-0.1, -0.05) is 35.0 Å². The second-order valence-electron chi connectivity index (χ2n) is 3.92. The van der Waals surface area contributed by atoms with Gasteiger partial charge in [-0.25, -0.2) is 0 Å². The van der Waals surface area contributed by atoms with Crippen LogP contribution in [0.15, 0.2) is 28.7 Å². The molecule has 0 saturated heterocycles. The van der Waals surface area contributed by atoms with Crippen molar-refractivity contribution in [3.8, 4) is 0 Å². The summed E-state index contributed by atoms with van der Waals surface area (Å²) in [6.45, 7) is 6.17. The van der Waals surface area contributed by atoms with E-state index < -0.39 is 5.41 Å². The van der Waals surface area contributed by atoms with E-state index >= 15 is 0 Å². The molecule has 0 spiro atoms. The third kappa shape index (κ3) is 2.64. The highest BCUT2D eigenvalue weighted by Crippen LogP contribution is 2.30. The third-order valence-corrected chi connectivity index (χ3v) is 3.39. The molecular formula is C13H17BrO2. The van der Waals surface area contributed by atoms with Gasteiger partial charge in [-0.15, -0.1) is 0 Å². The number of benzene rings is 1. The molecule has 0 aliphatic carbocycles. The van der Waals surface area contributed by atoms with E-state index in [1.165, 1.54) is 0 Å². The number of rotatable bonds is 4. The number of halogens is 1. The van der Waals surface area contributed by atoms with E-state index in [9.17, 15) is 4.79 Å². The maximum absolute atomic E-state index is 12.0. The lowest BCUT2D eigenvalue weighted by atomic mass is 9.80. The SMILES string of the molecule is CCOC(=O)C(C)(CC)c1cccc(Br)c1. The fraction of sp³-hybridized carbons (Fsp3) is 0.462. The van der Waals surface area contributed by atoms with Crippen molar-refractivity contribution in [2.24, 2.45) is 0 Å². The van der Waals surface area contributed by atoms with Crippen LogP contribution in [0.5, 0.6) is 0 Å². The van der Waals surface area contributed by atoms with Gasteiger partial charge in [0.1, 0.15) is 0 Å². The van der Waals surface area contributed by atoms with E-state index in [2.05, 4.69) is 15.9 Å². The molecule has 0 bridgehead atoms. The molecule has 1 atom stereocenters. The zero-order valence-corrected chi connectivity index (χ0v) is 11.5. The summed E-state index contributed by atoms with van der Waals surface area (Å²) < 4.78 is 6.12. The van der Waals surface area contributed by atoms with Crippen LogP contribution < -0.4 is 0 Å². The molecule has 0 amide bonds. The van der Waals surface area contributed by atoms with Gasteiger partial charge in [0.25, 0.3) is 0 Å². The Labute approximate surface area is 105 Å². The highest BCUT2D eigenvalue weighted by atomic mass is 79.9. The number of esters is 1. The smallest absolute Gasteiger partial charge is 0.316 e. The summed E-state index contributed by atoms with van der Waals surface area (Å²) in [5.41, 5.74) is 0.433. The summed E-state index contributed by atoms with van der Waals surface area (Å²) in [6.07, 6.45) is 0.724. The van der Waals surface area contributed by atoms with Gasteiger partial charge in [-0.3, -0.25) is 4.79 Å². The first kappa shape index (κ1) is 13.2. The van der Waals surface area contributed by atoms with Crippen LogP contribution in [-0.4, -0.2) is 12.6 Å². The Balaban J connectivity index is 3.09. The van der Waals surface area contributed by atoms with E-state index in [4.69, 9.17) is 4.74 Å². The summed E-state index contributed by atoms with van der Waals surface area (Å²) in [5.74, 6) is -0.157. The standard InChI is InChI=1S/C13H17BrO2/c1-4-13(3,12(15)16-5-2)10-7-6-8-11(14)9-10/h6-9H,4-5H2,1-3H3. The van der Waals surface area contributed by atoms with E-state index in [0.29, 0.717) is 6.61 Å². The zero-order chi connectivity index (χ0) is 12.2. The minimum Gasteiger partial charge on any atom is -0.465 e. The molecule has 1 unspecified atom stereocenters. The topological polar surface area (TPSA) is 26.3 Å². The Bertz CT molecular complexity index is 376. The van der Waals surface area contributed by atoms with E-state index in [-0.39, 0.29) is 5.97 Å². The Morgan fingerprint density at radius 2 is 2.12 bits per heavy atom. The van der Waals surface area contributed by atoms with Crippen molar-refractivity contribution >= 4 is 21.9 Å². The van der Waals surface area contributed by atoms with E-state index in [0.717, 1.165) is 16.5 Å². The number of hydrogen-bond donors (Lipinski definition) is 0. The van der Waals surface area contributed by atoms with Gasteiger partial charge in [-0.05, 0) is 38.0 Å². The van der Waals surface area contributed by atoms with Crippen LogP contribution in [-0.2, 0) is 14.9 Å². The molecule has 0 aliphatic heterocycles. The van der Waals surface area contributed by atoms with Crippen LogP contribution in [0, 0.1) is 0 Å². The Hall–Kier alpha value is -0.830. The Morgan fingerprint density at radius 3 is 2.62 bits per heavy atom. The normalized spacial score (nSPS) is 14.2. The Kier molecular flexibility index (Phi) is 4.54. The molecule has 0 fully saturated rings. The van der Waals surface area contributed by atoms with Crippen molar-refractivity contribution in [3.63, 3.8) is 0 Å². The van der Waals surface area contributed by atoms with Crippen LogP contribution >= 0.6 is 15.9 Å². The molecule has 0 heterocycles. The average molecular weight is 285 g/mol. The predicted octanol–water partition coefficient (Wildman–Crippen LogP) is 3.68. The van der Waals surface area contributed by atoms with Crippen LogP contribution in [0.25, 0.3) is 0 Å². The maximum atomic E-state index is 12.0. The fourth-order valence-electron chi connectivity index (χ4n) is 1.59. The quantitative estimate of drug-likeness (QED) is 0.789. The molecule has 1 aromatic rings. The fourth-order valence-corrected chi connectivity index (χ4v) is 1.99. The first-order chi connectivity index (χ1) is 7.54. The van der Waals surface area contributed by atoms with Crippen LogP contribution in [0.4, 0.5) is 0 Å². The zero-order valence-electron chi connectivity index (χ0n) is 9.92. The summed E-state index contributed by atoms with van der Waals surface area (Å²) in [6, 6.07) is 7.82. The van der Waals surface area contributed by atoms with E-state index in [1.807, 2.05) is 45.0 Å². The largest absolute Gasteiger partial charge is 0.465 e. The predicted molar refractivity (Wildman–Crippen MR) is 68.4 cm³/mol. The molecular weight excluding hydrogens is 268 g/mol. The van der Waals surface area contributed by atoms with Crippen molar-refractivity contribution in [2.45, 2.75) is 32.6 Å². The lowest BCUT2D eigenvalue weighted by Gasteiger charge is -2.26. The van der Waals surface area contributed by atoms with Crippen molar-refractivity contribution < 1.29 is 9.53 Å². The van der Waals surface area contributed by atoms with Crippen LogP contribution in [0.1, 0.15) is 32.8 Å². The molecule has 16 heavy (non-hydrogen) atoms. The van der Waals surface area contributed by atoms with Gasteiger partial charge >= 0.3 is 5.97 Å². The summed E-state index contributed by atoms with van der Waals surface area (Å²) in [4.78, 5) is 12.0. The maximum Gasteiger partial charge on any atom is 0.316 e. The van der Waals surface area contributed by atoms with Crippen molar-refractivity contribution in [1.29, 1.82) is 0 Å². The summed E-state index contributed by atoms with van der Waals surface area (Å²) >= 11 is 3.42. The number of hydrogen-bond acceptors (Lipinski definition) is 2. The number of carbonyl (C=O) groups is 1. The molecule has 0 aliphatic rings. The van der Waals surface area contributed by atoms with Crippen LogP contribution in [0.2, 0.25) is 0 Å². The second-order valence-corrected chi connectivity index (χ2v) is 4.83. The molecule has 0 radical (unpaired) electrons. The lowest BCUT2D eigenvalue weighted by molar-refractivity contribution is -0.149. The van der Waals surface area contributed by atoms with Crippen molar-refractivity contribution in [1.82, 2.24) is 0 Å². The first-order valence-corrected chi connectivity index (χ1v) is 6.27. The van der Waals surface area contributed by atoms with E-state index in [1.54, 1.807) is 0 Å². The second kappa shape index (κ2) is 5.48. The van der Waals surface area contributed by atoms with Gasteiger partial charge < -0.3 is 4.74 Å².